The van der Waals surface area contributed by atoms with Gasteiger partial charge >= 0.3 is 0 Å². The van der Waals surface area contributed by atoms with Gasteiger partial charge in [0.15, 0.2) is 5.43 Å². The molecule has 16 heavy (non-hydrogen) atoms. The molecule has 0 saturated heterocycles. The summed E-state index contributed by atoms with van der Waals surface area (Å²) in [5.74, 6) is 0. The molecule has 1 nitrogen and oxygen atoms in total. The molecule has 3 aromatic rings. The zero-order chi connectivity index (χ0) is 10.7. The highest BCUT2D eigenvalue weighted by molar-refractivity contribution is 6.13. The highest BCUT2D eigenvalue weighted by Crippen LogP contribution is 2.25. The summed E-state index contributed by atoms with van der Waals surface area (Å²) in [6, 6.07) is 9.98. The molecule has 0 N–H and O–H groups in total. The van der Waals surface area contributed by atoms with E-state index >= 15 is 0 Å². The first kappa shape index (κ1) is 8.05. The second kappa shape index (κ2) is 2.50. The minimum Gasteiger partial charge on any atom is -0.289 e. The Hall–Kier alpha value is -2.15. The first-order valence-corrected chi connectivity index (χ1v) is 5.35. The van der Waals surface area contributed by atoms with Crippen LogP contribution in [0.2, 0.25) is 0 Å². The number of fused-ring (bicyclic) bond motifs is 2. The van der Waals surface area contributed by atoms with E-state index in [0.717, 1.165) is 32.3 Å². The van der Waals surface area contributed by atoms with Crippen molar-refractivity contribution >= 4 is 33.7 Å². The molecule has 74 valence electrons. The number of hydrogen-bond acceptors (Lipinski definition) is 1. The van der Waals surface area contributed by atoms with E-state index in [1.165, 1.54) is 0 Å². The smallest absolute Gasteiger partial charge is 0.187 e. The van der Waals surface area contributed by atoms with E-state index in [4.69, 9.17) is 0 Å². The van der Waals surface area contributed by atoms with E-state index < -0.39 is 0 Å². The summed E-state index contributed by atoms with van der Waals surface area (Å²) in [6.07, 6.45) is 6.09. The van der Waals surface area contributed by atoms with Crippen LogP contribution in [0.15, 0.2) is 41.2 Å². The number of benzene rings is 2. The third-order valence-corrected chi connectivity index (χ3v) is 3.34. The van der Waals surface area contributed by atoms with Gasteiger partial charge < -0.3 is 0 Å². The van der Waals surface area contributed by atoms with Gasteiger partial charge in [-0.25, -0.2) is 0 Å². The van der Waals surface area contributed by atoms with Crippen molar-refractivity contribution in [1.29, 1.82) is 0 Å². The Bertz CT molecular complexity index is 856. The quantitative estimate of drug-likeness (QED) is 0.549. The Labute approximate surface area is 91.6 Å². The Morgan fingerprint density at radius 1 is 0.938 bits per heavy atom. The lowest BCUT2D eigenvalue weighted by atomic mass is 10.0. The van der Waals surface area contributed by atoms with Crippen molar-refractivity contribution in [3.05, 3.63) is 57.4 Å². The first-order chi connectivity index (χ1) is 7.84. The van der Waals surface area contributed by atoms with Gasteiger partial charge in [-0.2, -0.15) is 0 Å². The third kappa shape index (κ3) is 0.797. The fourth-order valence-corrected chi connectivity index (χ4v) is 2.68. The maximum atomic E-state index is 12.0. The molecule has 4 rings (SSSR count). The van der Waals surface area contributed by atoms with Gasteiger partial charge in [0.25, 0.3) is 0 Å². The standard InChI is InChI=1S/C15H8O/c16-13-8-11-5-1-4-10-7-9-3-2-6-12(9)15(13)14(10)11/h1-8H. The molecule has 0 aromatic heterocycles. The summed E-state index contributed by atoms with van der Waals surface area (Å²) in [6.45, 7) is 0. The van der Waals surface area contributed by atoms with Crippen molar-refractivity contribution in [2.45, 2.75) is 0 Å². The fourth-order valence-electron chi connectivity index (χ4n) is 2.68. The molecule has 3 aromatic carbocycles. The summed E-state index contributed by atoms with van der Waals surface area (Å²) in [5.41, 5.74) is 1.30. The molecular formula is C15H8O. The second-order valence-corrected chi connectivity index (χ2v) is 4.23. The molecular weight excluding hydrogens is 196 g/mol. The minimum atomic E-state index is 0.142. The highest BCUT2D eigenvalue weighted by atomic mass is 16.1. The Kier molecular flexibility index (Phi) is 1.26. The molecule has 1 aliphatic carbocycles. The van der Waals surface area contributed by atoms with Crippen LogP contribution in [0.3, 0.4) is 0 Å². The molecule has 1 aliphatic rings. The minimum absolute atomic E-state index is 0.142. The van der Waals surface area contributed by atoms with E-state index in [1.54, 1.807) is 6.07 Å². The predicted octanol–water partition coefficient (Wildman–Crippen LogP) is 2.32. The number of allylic oxidation sites excluding steroid dienone is 1. The number of hydrogen-bond donors (Lipinski definition) is 0. The zero-order valence-corrected chi connectivity index (χ0v) is 8.53. The van der Waals surface area contributed by atoms with Crippen molar-refractivity contribution in [3.63, 3.8) is 0 Å². The van der Waals surface area contributed by atoms with Crippen LogP contribution in [0.1, 0.15) is 5.56 Å². The van der Waals surface area contributed by atoms with E-state index in [2.05, 4.69) is 18.2 Å². The third-order valence-electron chi connectivity index (χ3n) is 3.34. The van der Waals surface area contributed by atoms with Crippen LogP contribution in [-0.2, 0) is 0 Å². The molecule has 0 radical (unpaired) electrons. The number of rotatable bonds is 0. The van der Waals surface area contributed by atoms with Crippen molar-refractivity contribution < 1.29 is 0 Å². The maximum Gasteiger partial charge on any atom is 0.187 e. The second-order valence-electron chi connectivity index (χ2n) is 4.23. The topological polar surface area (TPSA) is 17.1 Å². The SMILES string of the molecule is O=c1cc2cccc3cc4c(c1c32)=CC=C4. The molecule has 0 unspecified atom stereocenters. The summed E-state index contributed by atoms with van der Waals surface area (Å²) in [5, 5.41) is 5.30. The average molecular weight is 204 g/mol. The van der Waals surface area contributed by atoms with Gasteiger partial charge in [-0.15, -0.1) is 0 Å². The monoisotopic (exact) mass is 204 g/mol. The van der Waals surface area contributed by atoms with Gasteiger partial charge in [-0.05, 0) is 33.7 Å². The van der Waals surface area contributed by atoms with Crippen molar-refractivity contribution in [3.8, 4) is 0 Å². The largest absolute Gasteiger partial charge is 0.289 e. The van der Waals surface area contributed by atoms with Crippen LogP contribution in [0.5, 0.6) is 0 Å². The molecule has 0 saturated carbocycles. The van der Waals surface area contributed by atoms with Gasteiger partial charge in [0.2, 0.25) is 0 Å². The lowest BCUT2D eigenvalue weighted by Crippen LogP contribution is -2.10. The van der Waals surface area contributed by atoms with E-state index in [-0.39, 0.29) is 5.43 Å². The van der Waals surface area contributed by atoms with Gasteiger partial charge in [0.1, 0.15) is 0 Å². The Morgan fingerprint density at radius 3 is 2.62 bits per heavy atom. The van der Waals surface area contributed by atoms with Crippen molar-refractivity contribution in [2.75, 3.05) is 0 Å². The van der Waals surface area contributed by atoms with Gasteiger partial charge in [0, 0.05) is 10.8 Å². The highest BCUT2D eigenvalue weighted by Gasteiger charge is 2.12. The van der Waals surface area contributed by atoms with Crippen LogP contribution in [0.25, 0.3) is 33.7 Å². The van der Waals surface area contributed by atoms with Crippen LogP contribution < -0.4 is 10.6 Å². The van der Waals surface area contributed by atoms with Gasteiger partial charge in [-0.3, -0.25) is 4.79 Å². The molecule has 1 heteroatoms. The van der Waals surface area contributed by atoms with E-state index in [9.17, 15) is 4.79 Å². The molecule has 0 heterocycles. The summed E-state index contributed by atoms with van der Waals surface area (Å²) in [7, 11) is 0. The first-order valence-electron chi connectivity index (χ1n) is 5.35. The van der Waals surface area contributed by atoms with Gasteiger partial charge in [-0.1, -0.05) is 36.4 Å². The molecule has 0 aliphatic heterocycles. The lowest BCUT2D eigenvalue weighted by molar-refractivity contribution is 1.69. The summed E-state index contributed by atoms with van der Waals surface area (Å²) >= 11 is 0. The summed E-state index contributed by atoms with van der Waals surface area (Å²) < 4.78 is 0. The van der Waals surface area contributed by atoms with Crippen LogP contribution in [0.4, 0.5) is 0 Å². The van der Waals surface area contributed by atoms with Crippen molar-refractivity contribution in [2.24, 2.45) is 0 Å². The van der Waals surface area contributed by atoms with E-state index in [1.807, 2.05) is 24.3 Å². The Morgan fingerprint density at radius 2 is 1.75 bits per heavy atom. The Balaban J connectivity index is 2.52. The summed E-state index contributed by atoms with van der Waals surface area (Å²) in [4.78, 5) is 12.0. The maximum absolute atomic E-state index is 12.0. The normalized spacial score (nSPS) is 13.5. The lowest BCUT2D eigenvalue weighted by Gasteiger charge is -2.00. The van der Waals surface area contributed by atoms with Crippen LogP contribution in [0, 0.1) is 0 Å². The van der Waals surface area contributed by atoms with Gasteiger partial charge in [0.05, 0.1) is 0 Å². The van der Waals surface area contributed by atoms with Crippen LogP contribution in [-0.4, -0.2) is 0 Å². The van der Waals surface area contributed by atoms with Crippen LogP contribution >= 0.6 is 0 Å². The molecule has 0 amide bonds. The van der Waals surface area contributed by atoms with E-state index in [0.29, 0.717) is 0 Å². The molecule has 0 bridgehead atoms. The average Bonchev–Trinajstić information content (AvgIpc) is 2.84. The fraction of sp³-hybridized carbons (Fsp3) is 0. The van der Waals surface area contributed by atoms with Crippen molar-refractivity contribution in [1.82, 2.24) is 0 Å². The zero-order valence-electron chi connectivity index (χ0n) is 8.53. The predicted molar refractivity (Wildman–Crippen MR) is 67.6 cm³/mol. The molecule has 0 spiro atoms. The molecule has 0 atom stereocenters. The molecule has 0 fully saturated rings.